The Labute approximate surface area is 154 Å². The Morgan fingerprint density at radius 2 is 2.00 bits per heavy atom. The number of amides is 1. The van der Waals surface area contributed by atoms with Gasteiger partial charge in [0.05, 0.1) is 0 Å². The molecule has 1 aliphatic heterocycles. The van der Waals surface area contributed by atoms with Crippen molar-refractivity contribution in [2.45, 2.75) is 30.9 Å². The molecule has 6 nitrogen and oxygen atoms in total. The number of aromatic nitrogens is 1. The maximum absolute atomic E-state index is 12.6. The first-order valence-corrected chi connectivity index (χ1v) is 9.19. The minimum atomic E-state index is -0.931. The predicted molar refractivity (Wildman–Crippen MR) is 93.8 cm³/mol. The molecule has 0 aromatic carbocycles. The summed E-state index contributed by atoms with van der Waals surface area (Å²) in [6.07, 6.45) is 2.07. The molecular weight excluding hydrogens is 373 g/mol. The van der Waals surface area contributed by atoms with Gasteiger partial charge in [0.1, 0.15) is 10.8 Å². The number of rotatable bonds is 7. The zero-order valence-corrected chi connectivity index (χ0v) is 15.4. The summed E-state index contributed by atoms with van der Waals surface area (Å²) in [5.41, 5.74) is -0.0368. The minimum absolute atomic E-state index is 0.0368. The van der Waals surface area contributed by atoms with Crippen molar-refractivity contribution < 1.29 is 14.4 Å². The van der Waals surface area contributed by atoms with E-state index in [-0.39, 0.29) is 23.1 Å². The van der Waals surface area contributed by atoms with Crippen molar-refractivity contribution in [3.63, 3.8) is 0 Å². The molecule has 1 saturated heterocycles. The van der Waals surface area contributed by atoms with Crippen LogP contribution in [0.4, 0.5) is 0 Å². The fourth-order valence-corrected chi connectivity index (χ4v) is 3.64. The summed E-state index contributed by atoms with van der Waals surface area (Å²) in [6, 6.07) is 4.49. The van der Waals surface area contributed by atoms with Gasteiger partial charge in [-0.1, -0.05) is 24.6 Å². The van der Waals surface area contributed by atoms with Crippen LogP contribution in [0.1, 0.15) is 36.7 Å². The number of pyridine rings is 1. The second-order valence-electron chi connectivity index (χ2n) is 5.15. The maximum Gasteiger partial charge on any atom is 0.321 e. The number of carbonyl (C=O) groups is 3. The van der Waals surface area contributed by atoms with Crippen LogP contribution >= 0.6 is 35.1 Å². The molecule has 9 heteroatoms. The molecule has 0 aliphatic carbocycles. The smallest absolute Gasteiger partial charge is 0.297 e. The topological polar surface area (TPSA) is 70.6 Å². The Bertz CT molecular complexity index is 638. The molecule has 1 aliphatic rings. The van der Waals surface area contributed by atoms with Crippen molar-refractivity contribution in [3.8, 4) is 0 Å². The molecule has 1 unspecified atom stereocenters. The van der Waals surface area contributed by atoms with Gasteiger partial charge in [-0.2, -0.15) is 0 Å². The standard InChI is InChI=1S/C15H17Cl2N3O3S/c1-2-11(21)14(17)24-20(19-8-3-4-9-19)15(23)13(22)10-6-5-7-12(16)18-10/h5-7,14H,2-4,8-9H2,1H3. The van der Waals surface area contributed by atoms with Crippen LogP contribution < -0.4 is 0 Å². The van der Waals surface area contributed by atoms with E-state index in [4.69, 9.17) is 23.2 Å². The molecule has 1 fully saturated rings. The van der Waals surface area contributed by atoms with Gasteiger partial charge < -0.3 is 0 Å². The molecule has 0 bridgehead atoms. The lowest BCUT2D eigenvalue weighted by atomic mass is 10.2. The number of halogens is 2. The van der Waals surface area contributed by atoms with Gasteiger partial charge in [-0.25, -0.2) is 14.4 Å². The number of Topliss-reactive ketones (excluding diaryl/α,β-unsaturated/α-hetero) is 2. The molecule has 130 valence electrons. The van der Waals surface area contributed by atoms with E-state index < -0.39 is 16.4 Å². The fraction of sp³-hybridized carbons (Fsp3) is 0.467. The number of alkyl halides is 1. The first-order chi connectivity index (χ1) is 11.4. The Morgan fingerprint density at radius 3 is 2.58 bits per heavy atom. The van der Waals surface area contributed by atoms with Gasteiger partial charge in [-0.15, -0.1) is 11.6 Å². The summed E-state index contributed by atoms with van der Waals surface area (Å²) in [4.78, 5) is 40.7. The van der Waals surface area contributed by atoms with Crippen molar-refractivity contribution in [1.82, 2.24) is 14.4 Å². The third-order valence-corrected chi connectivity index (χ3v) is 5.19. The molecule has 2 rings (SSSR count). The molecule has 24 heavy (non-hydrogen) atoms. The average molecular weight is 390 g/mol. The summed E-state index contributed by atoms with van der Waals surface area (Å²) in [5, 5.41) is 1.86. The second kappa shape index (κ2) is 8.80. The third-order valence-electron chi connectivity index (χ3n) is 3.45. The molecule has 0 spiro atoms. The zero-order valence-electron chi connectivity index (χ0n) is 13.1. The van der Waals surface area contributed by atoms with Crippen LogP contribution in [0.15, 0.2) is 18.2 Å². The van der Waals surface area contributed by atoms with Gasteiger partial charge in [0, 0.05) is 19.5 Å². The van der Waals surface area contributed by atoms with E-state index in [9.17, 15) is 14.4 Å². The molecule has 0 N–H and O–H groups in total. The lowest BCUT2D eigenvalue weighted by molar-refractivity contribution is -0.130. The molecule has 1 aromatic rings. The second-order valence-corrected chi connectivity index (χ2v) is 7.27. The number of nitrogens with zero attached hydrogens (tertiary/aromatic N) is 3. The highest BCUT2D eigenvalue weighted by molar-refractivity contribution is 8.00. The van der Waals surface area contributed by atoms with Crippen molar-refractivity contribution in [2.75, 3.05) is 13.1 Å². The highest BCUT2D eigenvalue weighted by Gasteiger charge is 2.34. The molecule has 1 aromatic heterocycles. The fourth-order valence-electron chi connectivity index (χ4n) is 2.16. The lowest BCUT2D eigenvalue weighted by Gasteiger charge is -2.30. The third kappa shape index (κ3) is 4.69. The minimum Gasteiger partial charge on any atom is -0.297 e. The van der Waals surface area contributed by atoms with Crippen LogP contribution in [-0.2, 0) is 9.59 Å². The first kappa shape index (κ1) is 19.2. The van der Waals surface area contributed by atoms with Gasteiger partial charge in [0.2, 0.25) is 0 Å². The van der Waals surface area contributed by atoms with E-state index in [1.54, 1.807) is 18.0 Å². The number of carbonyl (C=O) groups excluding carboxylic acids is 3. The summed E-state index contributed by atoms with van der Waals surface area (Å²) in [7, 11) is 0. The molecular formula is C15H17Cl2N3O3S. The molecule has 0 radical (unpaired) electrons. The molecule has 1 amide bonds. The lowest BCUT2D eigenvalue weighted by Crippen LogP contribution is -2.45. The first-order valence-electron chi connectivity index (χ1n) is 7.53. The monoisotopic (exact) mass is 389 g/mol. The predicted octanol–water partition coefficient (Wildman–Crippen LogP) is 2.95. The maximum atomic E-state index is 12.6. The number of hydrazine groups is 1. The molecule has 1 atom stereocenters. The summed E-state index contributed by atoms with van der Waals surface area (Å²) >= 11 is 12.7. The van der Waals surface area contributed by atoms with Crippen LogP contribution in [0.5, 0.6) is 0 Å². The summed E-state index contributed by atoms with van der Waals surface area (Å²) in [6.45, 7) is 2.94. The van der Waals surface area contributed by atoms with E-state index in [0.29, 0.717) is 13.1 Å². The molecule has 0 saturated carbocycles. The van der Waals surface area contributed by atoms with Crippen molar-refractivity contribution in [3.05, 3.63) is 29.0 Å². The van der Waals surface area contributed by atoms with Crippen LogP contribution in [0.2, 0.25) is 5.15 Å². The Hall–Kier alpha value is -1.15. The number of ketones is 2. The Kier molecular flexibility index (Phi) is 7.03. The highest BCUT2D eigenvalue weighted by Crippen LogP contribution is 2.27. The van der Waals surface area contributed by atoms with Crippen molar-refractivity contribution in [2.24, 2.45) is 0 Å². The van der Waals surface area contributed by atoms with Gasteiger partial charge >= 0.3 is 5.91 Å². The van der Waals surface area contributed by atoms with E-state index in [1.165, 1.54) is 16.5 Å². The SMILES string of the molecule is CCC(=O)C(Cl)SN(C(=O)C(=O)c1cccc(Cl)n1)N1CCCC1. The largest absolute Gasteiger partial charge is 0.321 e. The van der Waals surface area contributed by atoms with E-state index >= 15 is 0 Å². The van der Waals surface area contributed by atoms with E-state index in [2.05, 4.69) is 4.98 Å². The van der Waals surface area contributed by atoms with Crippen LogP contribution in [0.25, 0.3) is 0 Å². The Balaban J connectivity index is 2.20. The van der Waals surface area contributed by atoms with Crippen LogP contribution in [-0.4, -0.2) is 49.7 Å². The van der Waals surface area contributed by atoms with Crippen molar-refractivity contribution in [1.29, 1.82) is 0 Å². The number of hydrogen-bond acceptors (Lipinski definition) is 6. The molecule has 2 heterocycles. The van der Waals surface area contributed by atoms with E-state index in [1.807, 2.05) is 0 Å². The van der Waals surface area contributed by atoms with Gasteiger partial charge in [0.25, 0.3) is 5.78 Å². The summed E-state index contributed by atoms with van der Waals surface area (Å²) in [5.74, 6) is -1.78. The number of hydrogen-bond donors (Lipinski definition) is 0. The Morgan fingerprint density at radius 1 is 1.33 bits per heavy atom. The average Bonchev–Trinajstić information content (AvgIpc) is 3.11. The summed E-state index contributed by atoms with van der Waals surface area (Å²) < 4.78 is 0.267. The zero-order chi connectivity index (χ0) is 17.7. The quantitative estimate of drug-likeness (QED) is 0.234. The van der Waals surface area contributed by atoms with Gasteiger partial charge in [-0.3, -0.25) is 14.4 Å². The highest BCUT2D eigenvalue weighted by atomic mass is 35.5. The van der Waals surface area contributed by atoms with Crippen molar-refractivity contribution >= 4 is 52.6 Å². The van der Waals surface area contributed by atoms with Gasteiger partial charge in [-0.05, 0) is 36.9 Å². The van der Waals surface area contributed by atoms with E-state index in [0.717, 1.165) is 24.8 Å². The normalized spacial score (nSPS) is 16.0. The van der Waals surface area contributed by atoms with Crippen LogP contribution in [0.3, 0.4) is 0 Å². The van der Waals surface area contributed by atoms with Crippen LogP contribution in [0, 0.1) is 0 Å². The van der Waals surface area contributed by atoms with Gasteiger partial charge in [0.15, 0.2) is 10.5 Å².